The number of hydrogen-bond donors (Lipinski definition) is 2. The third-order valence-corrected chi connectivity index (χ3v) is 13.4. The van der Waals surface area contributed by atoms with Gasteiger partial charge in [0.15, 0.2) is 0 Å². The minimum Gasteiger partial charge on any atom is -0.360 e. The molecule has 13 rings (SSSR count). The Morgan fingerprint density at radius 1 is 0.328 bits per heavy atom. The standard InChI is InChI=1S/C60H42N4/c1-3-11-39(12-4-1)45-27-29-63-37-55(61-57(63)35-45)47-23-19-43-33-49(25-21-41(43)31-47)59-51-15-7-9-17-53(51)60(54-18-10-8-16-52(54)59)50-26-22-42-32-48(24-20-44(42)34-50)56-38-64-30-28-46(36-58(64)62-56)40-13-5-2-6-14-40/h1-38,57-58,61-62H. The second kappa shape index (κ2) is 14.6. The minimum atomic E-state index is 0.0892. The molecule has 0 amide bonds. The maximum atomic E-state index is 3.76. The molecule has 0 saturated carbocycles. The molecule has 9 aromatic carbocycles. The lowest BCUT2D eigenvalue weighted by molar-refractivity contribution is 0.429. The van der Waals surface area contributed by atoms with E-state index in [-0.39, 0.29) is 12.3 Å². The molecule has 0 bridgehead atoms. The zero-order valence-corrected chi connectivity index (χ0v) is 35.0. The average Bonchev–Trinajstić information content (AvgIpc) is 4.00. The molecule has 2 unspecified atom stereocenters. The van der Waals surface area contributed by atoms with E-state index in [1.165, 1.54) is 98.7 Å². The summed E-state index contributed by atoms with van der Waals surface area (Å²) in [5, 5.41) is 17.4. The lowest BCUT2D eigenvalue weighted by Crippen LogP contribution is -2.32. The van der Waals surface area contributed by atoms with Crippen LogP contribution in [0.2, 0.25) is 0 Å². The fourth-order valence-electron chi connectivity index (χ4n) is 10.2. The SMILES string of the molecule is C1=CN2C=C(c3ccc4cc(-c5c6ccccc6c(-c6ccc7cc(C8=CN9C=CC(c%10ccccc%10)=CC9N8)ccc7c6)c6ccccc56)ccc4c3)NC2C=C1c1ccccc1. The summed E-state index contributed by atoms with van der Waals surface area (Å²) in [4.78, 5) is 4.49. The van der Waals surface area contributed by atoms with Gasteiger partial charge in [-0.1, -0.05) is 158 Å². The zero-order valence-electron chi connectivity index (χ0n) is 35.0. The highest BCUT2D eigenvalue weighted by molar-refractivity contribution is 6.22. The van der Waals surface area contributed by atoms with Gasteiger partial charge in [-0.05, 0) is 147 Å². The minimum absolute atomic E-state index is 0.0892. The van der Waals surface area contributed by atoms with Gasteiger partial charge in [-0.3, -0.25) is 0 Å². The first-order valence-corrected chi connectivity index (χ1v) is 22.1. The highest BCUT2D eigenvalue weighted by atomic mass is 15.3. The van der Waals surface area contributed by atoms with Crippen molar-refractivity contribution in [1.29, 1.82) is 0 Å². The molecular formula is C60H42N4. The Labute approximate surface area is 372 Å². The monoisotopic (exact) mass is 818 g/mol. The first kappa shape index (κ1) is 36.3. The first-order valence-electron chi connectivity index (χ1n) is 22.1. The van der Waals surface area contributed by atoms with Crippen molar-refractivity contribution in [2.75, 3.05) is 0 Å². The molecule has 0 radical (unpaired) electrons. The Morgan fingerprint density at radius 2 is 0.672 bits per heavy atom. The molecule has 4 nitrogen and oxygen atoms in total. The molecule has 4 aliphatic rings. The molecule has 0 aromatic heterocycles. The van der Waals surface area contributed by atoms with Gasteiger partial charge in [-0.15, -0.1) is 0 Å². The molecule has 4 heteroatoms. The van der Waals surface area contributed by atoms with E-state index in [2.05, 4.69) is 252 Å². The van der Waals surface area contributed by atoms with Crippen LogP contribution in [-0.4, -0.2) is 22.1 Å². The second-order valence-corrected chi connectivity index (χ2v) is 17.2. The van der Waals surface area contributed by atoms with Crippen molar-refractivity contribution >= 4 is 65.6 Å². The van der Waals surface area contributed by atoms with Crippen molar-refractivity contribution in [3.8, 4) is 22.3 Å². The van der Waals surface area contributed by atoms with Gasteiger partial charge >= 0.3 is 0 Å². The molecule has 0 fully saturated rings. The summed E-state index contributed by atoms with van der Waals surface area (Å²) in [6.07, 6.45) is 17.9. The molecule has 4 heterocycles. The highest BCUT2D eigenvalue weighted by Crippen LogP contribution is 2.45. The third kappa shape index (κ3) is 6.14. The van der Waals surface area contributed by atoms with E-state index in [1.807, 2.05) is 0 Å². The van der Waals surface area contributed by atoms with Crippen LogP contribution in [0.5, 0.6) is 0 Å². The molecule has 0 saturated heterocycles. The van der Waals surface area contributed by atoms with Crippen LogP contribution in [0.25, 0.3) is 87.9 Å². The number of benzene rings is 9. The maximum Gasteiger partial charge on any atom is 0.123 e. The van der Waals surface area contributed by atoms with Crippen LogP contribution in [0, 0.1) is 0 Å². The molecule has 302 valence electrons. The molecule has 0 spiro atoms. The van der Waals surface area contributed by atoms with Crippen LogP contribution < -0.4 is 10.6 Å². The molecule has 2 atom stereocenters. The van der Waals surface area contributed by atoms with Crippen LogP contribution in [0.3, 0.4) is 0 Å². The van der Waals surface area contributed by atoms with Gasteiger partial charge in [-0.25, -0.2) is 0 Å². The summed E-state index contributed by atoms with van der Waals surface area (Å²) in [7, 11) is 0. The maximum absolute atomic E-state index is 3.76. The third-order valence-electron chi connectivity index (χ3n) is 13.4. The molecule has 64 heavy (non-hydrogen) atoms. The van der Waals surface area contributed by atoms with Crippen LogP contribution in [0.15, 0.2) is 231 Å². The Balaban J connectivity index is 0.819. The predicted octanol–water partition coefficient (Wildman–Crippen LogP) is 13.9. The van der Waals surface area contributed by atoms with Crippen molar-refractivity contribution < 1.29 is 0 Å². The lowest BCUT2D eigenvalue weighted by atomic mass is 9.85. The highest BCUT2D eigenvalue weighted by Gasteiger charge is 2.26. The summed E-state index contributed by atoms with van der Waals surface area (Å²) in [5.74, 6) is 0. The van der Waals surface area contributed by atoms with Crippen LogP contribution in [0.4, 0.5) is 0 Å². The molecular weight excluding hydrogens is 777 g/mol. The van der Waals surface area contributed by atoms with Crippen LogP contribution >= 0.6 is 0 Å². The van der Waals surface area contributed by atoms with E-state index < -0.39 is 0 Å². The normalized spacial score (nSPS) is 17.5. The summed E-state index contributed by atoms with van der Waals surface area (Å²) in [6.45, 7) is 0. The van der Waals surface area contributed by atoms with Crippen molar-refractivity contribution in [1.82, 2.24) is 20.4 Å². The van der Waals surface area contributed by atoms with Crippen LogP contribution in [-0.2, 0) is 0 Å². The van der Waals surface area contributed by atoms with E-state index in [4.69, 9.17) is 0 Å². The molecule has 9 aromatic rings. The van der Waals surface area contributed by atoms with E-state index in [0.717, 1.165) is 11.4 Å². The number of nitrogens with one attached hydrogen (secondary N) is 2. The second-order valence-electron chi connectivity index (χ2n) is 17.2. The number of nitrogens with zero attached hydrogens (tertiary/aromatic N) is 2. The molecule has 2 N–H and O–H groups in total. The predicted molar refractivity (Wildman–Crippen MR) is 268 cm³/mol. The summed E-state index contributed by atoms with van der Waals surface area (Å²) in [6, 6.07) is 66.6. The topological polar surface area (TPSA) is 30.5 Å². The van der Waals surface area contributed by atoms with E-state index >= 15 is 0 Å². The van der Waals surface area contributed by atoms with Crippen molar-refractivity contribution in [3.63, 3.8) is 0 Å². The van der Waals surface area contributed by atoms with E-state index in [9.17, 15) is 0 Å². The van der Waals surface area contributed by atoms with Gasteiger partial charge in [0, 0.05) is 24.8 Å². The summed E-state index contributed by atoms with van der Waals surface area (Å²) < 4.78 is 0. The number of fused-ring (bicyclic) bond motifs is 6. The van der Waals surface area contributed by atoms with Gasteiger partial charge in [0.25, 0.3) is 0 Å². The quantitative estimate of drug-likeness (QED) is 0.164. The number of allylic oxidation sites excluding steroid dienone is 4. The molecule has 0 aliphatic carbocycles. The van der Waals surface area contributed by atoms with Crippen molar-refractivity contribution in [2.45, 2.75) is 12.3 Å². The van der Waals surface area contributed by atoms with Crippen LogP contribution in [0.1, 0.15) is 22.3 Å². The van der Waals surface area contributed by atoms with Gasteiger partial charge in [0.05, 0.1) is 11.4 Å². The number of hydrogen-bond acceptors (Lipinski definition) is 4. The van der Waals surface area contributed by atoms with Crippen molar-refractivity contribution in [2.24, 2.45) is 0 Å². The van der Waals surface area contributed by atoms with E-state index in [0.29, 0.717) is 0 Å². The van der Waals surface area contributed by atoms with Gasteiger partial charge in [0.2, 0.25) is 0 Å². The lowest BCUT2D eigenvalue weighted by Gasteiger charge is -2.24. The average molecular weight is 819 g/mol. The largest absolute Gasteiger partial charge is 0.360 e. The Kier molecular flexibility index (Phi) is 8.31. The first-order chi connectivity index (χ1) is 31.7. The van der Waals surface area contributed by atoms with E-state index in [1.54, 1.807) is 0 Å². The Morgan fingerprint density at radius 3 is 1.06 bits per heavy atom. The fourth-order valence-corrected chi connectivity index (χ4v) is 10.2. The zero-order chi connectivity index (χ0) is 42.1. The van der Waals surface area contributed by atoms with Gasteiger partial charge < -0.3 is 20.4 Å². The van der Waals surface area contributed by atoms with Gasteiger partial charge in [0.1, 0.15) is 12.3 Å². The number of rotatable bonds is 6. The fraction of sp³-hybridized carbons (Fsp3) is 0.0333. The smallest absolute Gasteiger partial charge is 0.123 e. The Hall–Kier alpha value is -8.34. The van der Waals surface area contributed by atoms with Gasteiger partial charge in [-0.2, -0.15) is 0 Å². The molecule has 4 aliphatic heterocycles. The summed E-state index contributed by atoms with van der Waals surface area (Å²) >= 11 is 0. The Bertz CT molecular complexity index is 3280. The van der Waals surface area contributed by atoms with Crippen molar-refractivity contribution in [3.05, 3.63) is 253 Å². The summed E-state index contributed by atoms with van der Waals surface area (Å²) in [5.41, 5.74) is 14.5.